The molecule has 28 heavy (non-hydrogen) atoms. The number of carbonyl (C=O) groups excluding carboxylic acids is 2. The summed E-state index contributed by atoms with van der Waals surface area (Å²) >= 11 is 0. The van der Waals surface area contributed by atoms with Crippen molar-refractivity contribution in [3.05, 3.63) is 63.7 Å². The number of nitrogens with zero attached hydrogens (tertiary/aromatic N) is 2. The summed E-state index contributed by atoms with van der Waals surface area (Å²) in [5.74, 6) is 0.210. The zero-order valence-corrected chi connectivity index (χ0v) is 15.7. The van der Waals surface area contributed by atoms with E-state index in [0.717, 1.165) is 11.4 Å². The predicted octanol–water partition coefficient (Wildman–Crippen LogP) is 2.84. The van der Waals surface area contributed by atoms with Crippen LogP contribution in [0.3, 0.4) is 0 Å². The first-order chi connectivity index (χ1) is 13.4. The van der Waals surface area contributed by atoms with Gasteiger partial charge in [-0.05, 0) is 44.2 Å². The van der Waals surface area contributed by atoms with E-state index in [1.54, 1.807) is 42.2 Å². The fraction of sp³-hybridized carbons (Fsp3) is 0.300. The van der Waals surface area contributed by atoms with Crippen molar-refractivity contribution in [1.29, 1.82) is 0 Å². The number of hydrogen-bond acceptors (Lipinski definition) is 5. The maximum Gasteiger partial charge on any atom is 0.273 e. The van der Waals surface area contributed by atoms with E-state index >= 15 is 0 Å². The molecule has 0 saturated carbocycles. The number of amides is 2. The molecule has 3 rings (SSSR count). The lowest BCUT2D eigenvalue weighted by Gasteiger charge is -2.18. The fourth-order valence-electron chi connectivity index (χ4n) is 3.27. The minimum absolute atomic E-state index is 0.0924. The lowest BCUT2D eigenvalue weighted by atomic mass is 10.1. The number of anilines is 1. The highest BCUT2D eigenvalue weighted by atomic mass is 16.6. The molecular weight excluding hydrogens is 362 g/mol. The summed E-state index contributed by atoms with van der Waals surface area (Å²) in [6, 6.07) is 11.2. The van der Waals surface area contributed by atoms with Gasteiger partial charge in [-0.3, -0.25) is 19.7 Å². The molecule has 2 aromatic carbocycles. The third kappa shape index (κ3) is 3.95. The molecule has 2 amide bonds. The largest absolute Gasteiger partial charge is 0.494 e. The van der Waals surface area contributed by atoms with Gasteiger partial charge in [-0.2, -0.15) is 0 Å². The molecule has 1 aliphatic rings. The summed E-state index contributed by atoms with van der Waals surface area (Å²) in [6.45, 7) is 4.34. The van der Waals surface area contributed by atoms with Gasteiger partial charge in [0, 0.05) is 35.8 Å². The Bertz CT molecular complexity index is 911. The van der Waals surface area contributed by atoms with Crippen molar-refractivity contribution < 1.29 is 19.2 Å². The molecule has 2 aromatic rings. The third-order valence-corrected chi connectivity index (χ3v) is 4.67. The van der Waals surface area contributed by atoms with Crippen LogP contribution in [-0.4, -0.2) is 35.9 Å². The number of nitro groups is 1. The van der Waals surface area contributed by atoms with Gasteiger partial charge in [0.25, 0.3) is 11.6 Å². The minimum Gasteiger partial charge on any atom is -0.494 e. The van der Waals surface area contributed by atoms with E-state index in [-0.39, 0.29) is 29.6 Å². The van der Waals surface area contributed by atoms with Gasteiger partial charge < -0.3 is 15.0 Å². The summed E-state index contributed by atoms with van der Waals surface area (Å²) < 4.78 is 5.40. The summed E-state index contributed by atoms with van der Waals surface area (Å²) in [7, 11) is 0. The summed E-state index contributed by atoms with van der Waals surface area (Å²) in [4.78, 5) is 37.1. The number of carbonyl (C=O) groups is 2. The molecule has 0 aromatic heterocycles. The zero-order chi connectivity index (χ0) is 20.3. The first-order valence-corrected chi connectivity index (χ1v) is 8.98. The number of rotatable bonds is 6. The van der Waals surface area contributed by atoms with Crippen LogP contribution >= 0.6 is 0 Å². The maximum atomic E-state index is 12.6. The van der Waals surface area contributed by atoms with Crippen LogP contribution in [0, 0.1) is 17.0 Å². The lowest BCUT2D eigenvalue weighted by molar-refractivity contribution is -0.385. The quantitative estimate of drug-likeness (QED) is 0.610. The average molecular weight is 383 g/mol. The van der Waals surface area contributed by atoms with Crippen molar-refractivity contribution in [3.63, 3.8) is 0 Å². The van der Waals surface area contributed by atoms with Crippen molar-refractivity contribution in [2.24, 2.45) is 0 Å². The van der Waals surface area contributed by atoms with Crippen LogP contribution in [0.5, 0.6) is 5.75 Å². The first kappa shape index (κ1) is 19.3. The van der Waals surface area contributed by atoms with E-state index in [4.69, 9.17) is 4.74 Å². The average Bonchev–Trinajstić information content (AvgIpc) is 3.02. The van der Waals surface area contributed by atoms with Crippen molar-refractivity contribution in [1.82, 2.24) is 5.32 Å². The molecule has 146 valence electrons. The molecule has 0 radical (unpaired) electrons. The molecule has 0 unspecified atom stereocenters. The Labute approximate surface area is 162 Å². The zero-order valence-electron chi connectivity index (χ0n) is 15.7. The normalized spacial score (nSPS) is 16.1. The van der Waals surface area contributed by atoms with Crippen LogP contribution in [-0.2, 0) is 4.79 Å². The maximum absolute atomic E-state index is 12.6. The first-order valence-electron chi connectivity index (χ1n) is 8.98. The molecule has 8 nitrogen and oxygen atoms in total. The van der Waals surface area contributed by atoms with E-state index in [9.17, 15) is 19.7 Å². The molecule has 1 atom stereocenters. The Morgan fingerprint density at radius 1 is 1.29 bits per heavy atom. The summed E-state index contributed by atoms with van der Waals surface area (Å²) in [6.07, 6.45) is 0.174. The predicted molar refractivity (Wildman–Crippen MR) is 104 cm³/mol. The van der Waals surface area contributed by atoms with Crippen molar-refractivity contribution in [3.8, 4) is 5.75 Å². The van der Waals surface area contributed by atoms with Gasteiger partial charge in [0.05, 0.1) is 17.6 Å². The smallest absolute Gasteiger partial charge is 0.273 e. The molecule has 0 bridgehead atoms. The molecule has 0 spiro atoms. The van der Waals surface area contributed by atoms with Gasteiger partial charge in [0.2, 0.25) is 5.91 Å². The van der Waals surface area contributed by atoms with Crippen molar-refractivity contribution in [2.45, 2.75) is 26.3 Å². The van der Waals surface area contributed by atoms with E-state index < -0.39 is 10.8 Å². The molecule has 1 saturated heterocycles. The number of hydrogen-bond donors (Lipinski definition) is 1. The van der Waals surface area contributed by atoms with Gasteiger partial charge in [-0.15, -0.1) is 0 Å². The van der Waals surface area contributed by atoms with Crippen LogP contribution in [0.1, 0.15) is 29.3 Å². The van der Waals surface area contributed by atoms with Crippen LogP contribution in [0.25, 0.3) is 0 Å². The highest BCUT2D eigenvalue weighted by Gasteiger charge is 2.32. The second-order valence-electron chi connectivity index (χ2n) is 6.51. The Morgan fingerprint density at radius 2 is 2.00 bits per heavy atom. The van der Waals surface area contributed by atoms with Gasteiger partial charge in [0.15, 0.2) is 0 Å². The molecule has 1 N–H and O–H groups in total. The Balaban J connectivity index is 1.70. The Hall–Kier alpha value is -3.42. The van der Waals surface area contributed by atoms with Crippen LogP contribution < -0.4 is 15.0 Å². The summed E-state index contributed by atoms with van der Waals surface area (Å²) in [5.41, 5.74) is 1.17. The molecule has 1 heterocycles. The second-order valence-corrected chi connectivity index (χ2v) is 6.51. The topological polar surface area (TPSA) is 102 Å². The van der Waals surface area contributed by atoms with Gasteiger partial charge in [-0.25, -0.2) is 0 Å². The second kappa shape index (κ2) is 8.08. The van der Waals surface area contributed by atoms with Crippen LogP contribution in [0.4, 0.5) is 11.4 Å². The van der Waals surface area contributed by atoms with E-state index in [1.807, 2.05) is 6.92 Å². The molecule has 8 heteroatoms. The van der Waals surface area contributed by atoms with Crippen LogP contribution in [0.15, 0.2) is 42.5 Å². The van der Waals surface area contributed by atoms with Gasteiger partial charge >= 0.3 is 0 Å². The SMILES string of the molecule is CCOc1ccc(N2C[C@H](NC(=O)c3cccc([N+](=O)[O-])c3C)CC2=O)cc1. The van der Waals surface area contributed by atoms with E-state index in [1.165, 1.54) is 12.1 Å². The minimum atomic E-state index is -0.515. The number of benzene rings is 2. The highest BCUT2D eigenvalue weighted by Crippen LogP contribution is 2.25. The molecule has 1 fully saturated rings. The monoisotopic (exact) mass is 383 g/mol. The summed E-state index contributed by atoms with van der Waals surface area (Å²) in [5, 5.41) is 13.9. The fourth-order valence-corrected chi connectivity index (χ4v) is 3.27. The third-order valence-electron chi connectivity index (χ3n) is 4.67. The Kier molecular flexibility index (Phi) is 5.58. The van der Waals surface area contributed by atoms with Gasteiger partial charge in [0.1, 0.15) is 5.75 Å². The van der Waals surface area contributed by atoms with Crippen molar-refractivity contribution >= 4 is 23.2 Å². The number of nitro benzene ring substituents is 1. The standard InChI is InChI=1S/C20H21N3O5/c1-3-28-16-9-7-15(8-10-16)22-12-14(11-19(22)24)21-20(25)17-5-4-6-18(13(17)2)23(26)27/h4-10,14H,3,11-12H2,1-2H3,(H,21,25)/t14-/m1/s1. The van der Waals surface area contributed by atoms with E-state index in [2.05, 4.69) is 5.32 Å². The van der Waals surface area contributed by atoms with Crippen LogP contribution in [0.2, 0.25) is 0 Å². The molecule has 1 aliphatic heterocycles. The van der Waals surface area contributed by atoms with Crippen molar-refractivity contribution in [2.75, 3.05) is 18.1 Å². The molecule has 0 aliphatic carbocycles. The highest BCUT2D eigenvalue weighted by molar-refractivity contribution is 6.00. The lowest BCUT2D eigenvalue weighted by Crippen LogP contribution is -2.37. The number of ether oxygens (including phenoxy) is 1. The Morgan fingerprint density at radius 3 is 2.64 bits per heavy atom. The molecular formula is C20H21N3O5. The van der Waals surface area contributed by atoms with Gasteiger partial charge in [-0.1, -0.05) is 6.07 Å². The number of nitrogens with one attached hydrogen (secondary N) is 1. The van der Waals surface area contributed by atoms with E-state index in [0.29, 0.717) is 18.7 Å².